The quantitative estimate of drug-likeness (QED) is 0.308. The average molecular weight is 299 g/mol. The highest BCUT2D eigenvalue weighted by Gasteiger charge is 2.22. The number of rotatable bonds is 16. The molecule has 21 heavy (non-hydrogen) atoms. The van der Waals surface area contributed by atoms with Gasteiger partial charge in [-0.15, -0.1) is 0 Å². The minimum atomic E-state index is 0.363. The fraction of sp³-hybridized carbons (Fsp3) is 1.00. The molecule has 0 fully saturated rings. The van der Waals surface area contributed by atoms with E-state index in [1.807, 2.05) is 0 Å². The van der Waals surface area contributed by atoms with Gasteiger partial charge in [0.05, 0.1) is 0 Å². The molecule has 0 aliphatic carbocycles. The third-order valence-electron chi connectivity index (χ3n) is 4.98. The van der Waals surface area contributed by atoms with Gasteiger partial charge in [0.2, 0.25) is 0 Å². The monoisotopic (exact) mass is 298 g/mol. The maximum atomic E-state index is 9.35. The predicted molar refractivity (Wildman–Crippen MR) is 95.8 cm³/mol. The molecule has 0 amide bonds. The molecule has 0 unspecified atom stereocenters. The van der Waals surface area contributed by atoms with E-state index in [4.69, 9.17) is 0 Å². The Hall–Kier alpha value is -0.0400. The normalized spacial score (nSPS) is 12.0. The van der Waals surface area contributed by atoms with E-state index in [9.17, 15) is 5.11 Å². The lowest BCUT2D eigenvalue weighted by Gasteiger charge is -2.29. The number of hydrogen-bond acceptors (Lipinski definition) is 1. The highest BCUT2D eigenvalue weighted by molar-refractivity contribution is 4.74. The van der Waals surface area contributed by atoms with Crippen molar-refractivity contribution < 1.29 is 5.11 Å². The van der Waals surface area contributed by atoms with Crippen LogP contribution in [0, 0.1) is 5.41 Å². The van der Waals surface area contributed by atoms with Crippen LogP contribution in [0.15, 0.2) is 0 Å². The van der Waals surface area contributed by atoms with Crippen molar-refractivity contribution >= 4 is 0 Å². The third kappa shape index (κ3) is 13.4. The van der Waals surface area contributed by atoms with Crippen LogP contribution in [0.2, 0.25) is 0 Å². The van der Waals surface area contributed by atoms with Crippen LogP contribution in [0.25, 0.3) is 0 Å². The molecule has 0 aromatic rings. The Labute approximate surface area is 134 Å². The molecule has 1 nitrogen and oxygen atoms in total. The first-order valence-electron chi connectivity index (χ1n) is 9.79. The Morgan fingerprint density at radius 1 is 0.571 bits per heavy atom. The molecule has 0 heterocycles. The van der Waals surface area contributed by atoms with E-state index < -0.39 is 0 Å². The lowest BCUT2D eigenvalue weighted by Crippen LogP contribution is -2.18. The zero-order valence-electron chi connectivity index (χ0n) is 15.3. The Morgan fingerprint density at radius 3 is 1.33 bits per heavy atom. The van der Waals surface area contributed by atoms with Gasteiger partial charge < -0.3 is 5.11 Å². The van der Waals surface area contributed by atoms with Gasteiger partial charge in [-0.2, -0.15) is 0 Å². The van der Waals surface area contributed by atoms with Gasteiger partial charge >= 0.3 is 0 Å². The van der Waals surface area contributed by atoms with E-state index in [0.29, 0.717) is 12.0 Å². The lowest BCUT2D eigenvalue weighted by molar-refractivity contribution is 0.166. The smallest absolute Gasteiger partial charge is 0.0436 e. The van der Waals surface area contributed by atoms with Crippen molar-refractivity contribution in [1.82, 2.24) is 0 Å². The predicted octanol–water partition coefficient (Wildman–Crippen LogP) is 6.88. The van der Waals surface area contributed by atoms with Gasteiger partial charge in [-0.05, 0) is 24.7 Å². The Morgan fingerprint density at radius 2 is 0.952 bits per heavy atom. The van der Waals surface area contributed by atoms with Crippen molar-refractivity contribution in [3.05, 3.63) is 0 Å². The van der Waals surface area contributed by atoms with Crippen molar-refractivity contribution in [2.45, 2.75) is 117 Å². The second kappa shape index (κ2) is 14.9. The largest absolute Gasteiger partial charge is 0.396 e. The first kappa shape index (κ1) is 21.0. The molecule has 0 atom stereocenters. The summed E-state index contributed by atoms with van der Waals surface area (Å²) in [4.78, 5) is 0. The first-order valence-corrected chi connectivity index (χ1v) is 9.79. The van der Waals surface area contributed by atoms with Crippen molar-refractivity contribution in [2.24, 2.45) is 5.41 Å². The summed E-state index contributed by atoms with van der Waals surface area (Å²) >= 11 is 0. The van der Waals surface area contributed by atoms with Crippen LogP contribution in [0.5, 0.6) is 0 Å². The molecule has 0 rings (SSSR count). The second-order valence-corrected chi connectivity index (χ2v) is 7.32. The Kier molecular flexibility index (Phi) is 14.9. The molecule has 0 spiro atoms. The van der Waals surface area contributed by atoms with Gasteiger partial charge in [0.1, 0.15) is 0 Å². The molecule has 0 aromatic heterocycles. The van der Waals surface area contributed by atoms with Gasteiger partial charge in [0.15, 0.2) is 0 Å². The summed E-state index contributed by atoms with van der Waals surface area (Å²) in [5.41, 5.74) is 0.393. The highest BCUT2D eigenvalue weighted by atomic mass is 16.3. The zero-order chi connectivity index (χ0) is 15.8. The maximum absolute atomic E-state index is 9.35. The van der Waals surface area contributed by atoms with E-state index in [1.165, 1.54) is 89.9 Å². The fourth-order valence-electron chi connectivity index (χ4n) is 3.31. The van der Waals surface area contributed by atoms with Crippen LogP contribution in [0.3, 0.4) is 0 Å². The highest BCUT2D eigenvalue weighted by Crippen LogP contribution is 2.34. The van der Waals surface area contributed by atoms with Gasteiger partial charge in [0.25, 0.3) is 0 Å². The first-order chi connectivity index (χ1) is 10.2. The van der Waals surface area contributed by atoms with Gasteiger partial charge in [-0.25, -0.2) is 0 Å². The van der Waals surface area contributed by atoms with Crippen LogP contribution in [0.1, 0.15) is 117 Å². The van der Waals surface area contributed by atoms with Gasteiger partial charge in [-0.3, -0.25) is 0 Å². The molecular formula is C20H42O. The molecule has 0 aromatic carbocycles. The molecular weight excluding hydrogens is 256 g/mol. The van der Waals surface area contributed by atoms with E-state index >= 15 is 0 Å². The van der Waals surface area contributed by atoms with Gasteiger partial charge in [0, 0.05) is 6.61 Å². The van der Waals surface area contributed by atoms with Crippen LogP contribution in [-0.2, 0) is 0 Å². The van der Waals surface area contributed by atoms with Crippen molar-refractivity contribution in [1.29, 1.82) is 0 Å². The van der Waals surface area contributed by atoms with Crippen LogP contribution < -0.4 is 0 Å². The average Bonchev–Trinajstić information content (AvgIpc) is 2.47. The summed E-state index contributed by atoms with van der Waals surface area (Å²) in [5.74, 6) is 0. The number of unbranched alkanes of at least 4 members (excludes halogenated alkanes) is 10. The number of aliphatic hydroxyl groups is 1. The maximum Gasteiger partial charge on any atom is 0.0436 e. The minimum Gasteiger partial charge on any atom is -0.396 e. The van der Waals surface area contributed by atoms with Crippen LogP contribution in [-0.4, -0.2) is 11.7 Å². The SMILES string of the molecule is CCCCCCCCC(C)(CCO)CCCCCCCC. The molecule has 0 aliphatic heterocycles. The summed E-state index contributed by atoms with van der Waals surface area (Å²) in [6.45, 7) is 7.32. The third-order valence-corrected chi connectivity index (χ3v) is 4.98. The number of hydrogen-bond donors (Lipinski definition) is 1. The van der Waals surface area contributed by atoms with Crippen LogP contribution >= 0.6 is 0 Å². The Balaban J connectivity index is 3.73. The molecule has 0 saturated heterocycles. The molecule has 1 N–H and O–H groups in total. The molecule has 0 saturated carbocycles. The zero-order valence-corrected chi connectivity index (χ0v) is 15.3. The van der Waals surface area contributed by atoms with Crippen molar-refractivity contribution in [3.63, 3.8) is 0 Å². The second-order valence-electron chi connectivity index (χ2n) is 7.32. The minimum absolute atomic E-state index is 0.363. The van der Waals surface area contributed by atoms with E-state index in [-0.39, 0.29) is 0 Å². The van der Waals surface area contributed by atoms with E-state index in [1.54, 1.807) is 0 Å². The molecule has 1 heteroatoms. The topological polar surface area (TPSA) is 20.2 Å². The van der Waals surface area contributed by atoms with Crippen molar-refractivity contribution in [3.8, 4) is 0 Å². The molecule has 128 valence electrons. The van der Waals surface area contributed by atoms with Crippen LogP contribution in [0.4, 0.5) is 0 Å². The molecule has 0 aliphatic rings. The summed E-state index contributed by atoms with van der Waals surface area (Å²) < 4.78 is 0. The Bertz CT molecular complexity index is 184. The summed E-state index contributed by atoms with van der Waals surface area (Å²) in [6.07, 6.45) is 20.2. The van der Waals surface area contributed by atoms with E-state index in [2.05, 4.69) is 20.8 Å². The summed E-state index contributed by atoms with van der Waals surface area (Å²) in [5, 5.41) is 9.35. The molecule has 0 bridgehead atoms. The standard InChI is InChI=1S/C20H42O/c1-4-6-8-10-12-14-16-20(3,18-19-21)17-15-13-11-9-7-5-2/h21H,4-19H2,1-3H3. The van der Waals surface area contributed by atoms with E-state index in [0.717, 1.165) is 6.42 Å². The van der Waals surface area contributed by atoms with Crippen molar-refractivity contribution in [2.75, 3.05) is 6.61 Å². The summed E-state index contributed by atoms with van der Waals surface area (Å²) in [7, 11) is 0. The number of aliphatic hydroxyl groups excluding tert-OH is 1. The lowest BCUT2D eigenvalue weighted by atomic mass is 9.77. The molecule has 0 radical (unpaired) electrons. The summed E-state index contributed by atoms with van der Waals surface area (Å²) in [6, 6.07) is 0. The fourth-order valence-corrected chi connectivity index (χ4v) is 3.31. The van der Waals surface area contributed by atoms with Gasteiger partial charge in [-0.1, -0.05) is 97.8 Å².